The number of hydrogen-bond acceptors (Lipinski definition) is 4. The second kappa shape index (κ2) is 7.86. The van der Waals surface area contributed by atoms with Crippen LogP contribution in [-0.4, -0.2) is 46.8 Å². The Morgan fingerprint density at radius 1 is 1.07 bits per heavy atom. The SMILES string of the molecule is COc1ccc(-c2cc(C(=O)N3CCC(N)CC3)nn2-c2ccccc2)cc1. The molecule has 1 aromatic heterocycles. The lowest BCUT2D eigenvalue weighted by Gasteiger charge is -2.29. The highest BCUT2D eigenvalue weighted by atomic mass is 16.5. The number of methoxy groups -OCH3 is 1. The first-order chi connectivity index (χ1) is 13.7. The van der Waals surface area contributed by atoms with E-state index >= 15 is 0 Å². The minimum atomic E-state index is -0.0451. The number of nitrogens with two attached hydrogens (primary N) is 1. The number of carbonyl (C=O) groups excluding carboxylic acids is 1. The number of ether oxygens (including phenoxy) is 1. The third-order valence-electron chi connectivity index (χ3n) is 5.14. The Morgan fingerprint density at radius 3 is 2.39 bits per heavy atom. The Balaban J connectivity index is 1.72. The van der Waals surface area contributed by atoms with E-state index in [0.29, 0.717) is 18.8 Å². The molecule has 144 valence electrons. The van der Waals surface area contributed by atoms with Gasteiger partial charge in [0.2, 0.25) is 0 Å². The Labute approximate surface area is 164 Å². The molecule has 0 bridgehead atoms. The molecule has 0 spiro atoms. The van der Waals surface area contributed by atoms with Crippen LogP contribution in [0, 0.1) is 0 Å². The maximum atomic E-state index is 13.0. The van der Waals surface area contributed by atoms with Crippen molar-refractivity contribution < 1.29 is 9.53 Å². The number of piperidine rings is 1. The van der Waals surface area contributed by atoms with E-state index in [1.165, 1.54) is 0 Å². The minimum Gasteiger partial charge on any atom is -0.497 e. The quantitative estimate of drug-likeness (QED) is 0.759. The van der Waals surface area contributed by atoms with Crippen molar-refractivity contribution in [3.8, 4) is 22.7 Å². The number of aromatic nitrogens is 2. The van der Waals surface area contributed by atoms with Gasteiger partial charge in [-0.05, 0) is 55.3 Å². The Bertz CT molecular complexity index is 942. The first-order valence-electron chi connectivity index (χ1n) is 9.50. The number of rotatable bonds is 4. The molecule has 1 aliphatic heterocycles. The zero-order valence-electron chi connectivity index (χ0n) is 15.9. The second-order valence-electron chi connectivity index (χ2n) is 7.02. The lowest BCUT2D eigenvalue weighted by Crippen LogP contribution is -2.43. The van der Waals surface area contributed by atoms with Gasteiger partial charge in [0.05, 0.1) is 18.5 Å². The standard InChI is InChI=1S/C22H24N4O2/c1-28-19-9-7-16(8-10-19)21-15-20(22(27)25-13-11-17(23)12-14-25)24-26(21)18-5-3-2-4-6-18/h2-10,15,17H,11-14,23H2,1H3. The molecule has 0 atom stereocenters. The van der Waals surface area contributed by atoms with Crippen LogP contribution in [0.5, 0.6) is 5.75 Å². The average molecular weight is 376 g/mol. The fraction of sp³-hybridized carbons (Fsp3) is 0.273. The summed E-state index contributed by atoms with van der Waals surface area (Å²) in [5, 5.41) is 4.66. The molecule has 2 N–H and O–H groups in total. The molecule has 0 radical (unpaired) electrons. The van der Waals surface area contributed by atoms with Crippen LogP contribution in [0.2, 0.25) is 0 Å². The molecule has 2 aromatic carbocycles. The molecule has 1 fully saturated rings. The van der Waals surface area contributed by atoms with Gasteiger partial charge < -0.3 is 15.4 Å². The van der Waals surface area contributed by atoms with E-state index in [0.717, 1.165) is 35.5 Å². The van der Waals surface area contributed by atoms with Crippen molar-refractivity contribution in [1.82, 2.24) is 14.7 Å². The summed E-state index contributed by atoms with van der Waals surface area (Å²) in [5.74, 6) is 0.742. The molecular weight excluding hydrogens is 352 g/mol. The topological polar surface area (TPSA) is 73.4 Å². The number of amides is 1. The summed E-state index contributed by atoms with van der Waals surface area (Å²) in [6.45, 7) is 1.35. The van der Waals surface area contributed by atoms with Crippen LogP contribution < -0.4 is 10.5 Å². The van der Waals surface area contributed by atoms with Gasteiger partial charge >= 0.3 is 0 Å². The summed E-state index contributed by atoms with van der Waals surface area (Å²) in [6, 6.07) is 19.7. The summed E-state index contributed by atoms with van der Waals surface area (Å²) in [5.41, 5.74) is 9.17. The van der Waals surface area contributed by atoms with E-state index in [9.17, 15) is 4.79 Å². The van der Waals surface area contributed by atoms with Crippen molar-refractivity contribution in [2.45, 2.75) is 18.9 Å². The minimum absolute atomic E-state index is 0.0451. The zero-order chi connectivity index (χ0) is 19.5. The highest BCUT2D eigenvalue weighted by Crippen LogP contribution is 2.27. The molecule has 1 amide bonds. The number of nitrogens with zero attached hydrogens (tertiary/aromatic N) is 3. The van der Waals surface area contributed by atoms with Gasteiger partial charge in [-0.25, -0.2) is 4.68 Å². The number of para-hydroxylation sites is 1. The van der Waals surface area contributed by atoms with E-state index in [4.69, 9.17) is 10.5 Å². The van der Waals surface area contributed by atoms with Gasteiger partial charge in [0.1, 0.15) is 5.75 Å². The van der Waals surface area contributed by atoms with E-state index in [1.54, 1.807) is 7.11 Å². The molecule has 1 aliphatic rings. The smallest absolute Gasteiger partial charge is 0.274 e. The molecule has 6 nitrogen and oxygen atoms in total. The van der Waals surface area contributed by atoms with Gasteiger partial charge in [0.15, 0.2) is 5.69 Å². The summed E-state index contributed by atoms with van der Waals surface area (Å²) < 4.78 is 7.08. The lowest BCUT2D eigenvalue weighted by molar-refractivity contribution is 0.0708. The van der Waals surface area contributed by atoms with Gasteiger partial charge in [-0.15, -0.1) is 0 Å². The number of carbonyl (C=O) groups is 1. The van der Waals surface area contributed by atoms with Crippen molar-refractivity contribution >= 4 is 5.91 Å². The summed E-state index contributed by atoms with van der Waals surface area (Å²) in [7, 11) is 1.64. The molecule has 0 aliphatic carbocycles. The summed E-state index contributed by atoms with van der Waals surface area (Å²) in [4.78, 5) is 14.9. The highest BCUT2D eigenvalue weighted by Gasteiger charge is 2.25. The van der Waals surface area contributed by atoms with Crippen molar-refractivity contribution in [1.29, 1.82) is 0 Å². The predicted octanol–water partition coefficient (Wildman–Crippen LogP) is 3.11. The van der Waals surface area contributed by atoms with Gasteiger partial charge in [-0.3, -0.25) is 4.79 Å². The van der Waals surface area contributed by atoms with Crippen molar-refractivity contribution in [3.05, 3.63) is 66.4 Å². The fourth-order valence-corrected chi connectivity index (χ4v) is 3.48. The number of benzene rings is 2. The van der Waals surface area contributed by atoms with Gasteiger partial charge in [0.25, 0.3) is 5.91 Å². The zero-order valence-corrected chi connectivity index (χ0v) is 15.9. The molecule has 28 heavy (non-hydrogen) atoms. The van der Waals surface area contributed by atoms with Gasteiger partial charge in [-0.2, -0.15) is 5.10 Å². The first-order valence-corrected chi connectivity index (χ1v) is 9.50. The maximum Gasteiger partial charge on any atom is 0.274 e. The molecule has 4 rings (SSSR count). The van der Waals surface area contributed by atoms with Crippen molar-refractivity contribution in [2.24, 2.45) is 5.73 Å². The fourth-order valence-electron chi connectivity index (χ4n) is 3.48. The first kappa shape index (κ1) is 18.3. The molecule has 6 heteroatoms. The number of hydrogen-bond donors (Lipinski definition) is 1. The van der Waals surface area contributed by atoms with Crippen LogP contribution in [0.15, 0.2) is 60.7 Å². The third kappa shape index (κ3) is 3.64. The Kier molecular flexibility index (Phi) is 5.12. The molecule has 1 saturated heterocycles. The van der Waals surface area contributed by atoms with Crippen LogP contribution in [0.1, 0.15) is 23.3 Å². The normalized spacial score (nSPS) is 14.9. The van der Waals surface area contributed by atoms with E-state index in [1.807, 2.05) is 70.2 Å². The molecular formula is C22H24N4O2. The van der Waals surface area contributed by atoms with Gasteiger partial charge in [-0.1, -0.05) is 18.2 Å². The molecule has 3 aromatic rings. The molecule has 2 heterocycles. The average Bonchev–Trinajstić information content (AvgIpc) is 3.20. The van der Waals surface area contributed by atoms with Crippen LogP contribution in [-0.2, 0) is 0 Å². The monoisotopic (exact) mass is 376 g/mol. The van der Waals surface area contributed by atoms with Crippen LogP contribution in [0.3, 0.4) is 0 Å². The lowest BCUT2D eigenvalue weighted by atomic mass is 10.1. The Morgan fingerprint density at radius 2 is 1.75 bits per heavy atom. The second-order valence-corrected chi connectivity index (χ2v) is 7.02. The van der Waals surface area contributed by atoms with Crippen LogP contribution in [0.25, 0.3) is 16.9 Å². The summed E-state index contributed by atoms with van der Waals surface area (Å²) in [6.07, 6.45) is 1.66. The van der Waals surface area contributed by atoms with Gasteiger partial charge in [0, 0.05) is 24.7 Å². The van der Waals surface area contributed by atoms with Crippen LogP contribution in [0.4, 0.5) is 0 Å². The largest absolute Gasteiger partial charge is 0.497 e. The maximum absolute atomic E-state index is 13.0. The highest BCUT2D eigenvalue weighted by molar-refractivity contribution is 5.93. The Hall–Kier alpha value is -3.12. The predicted molar refractivity (Wildman–Crippen MR) is 109 cm³/mol. The van der Waals surface area contributed by atoms with E-state index < -0.39 is 0 Å². The summed E-state index contributed by atoms with van der Waals surface area (Å²) >= 11 is 0. The van der Waals surface area contributed by atoms with E-state index in [2.05, 4.69) is 5.10 Å². The van der Waals surface area contributed by atoms with Crippen molar-refractivity contribution in [3.63, 3.8) is 0 Å². The van der Waals surface area contributed by atoms with E-state index in [-0.39, 0.29) is 11.9 Å². The van der Waals surface area contributed by atoms with Crippen molar-refractivity contribution in [2.75, 3.05) is 20.2 Å². The molecule has 0 saturated carbocycles. The van der Waals surface area contributed by atoms with Crippen LogP contribution >= 0.6 is 0 Å². The molecule has 0 unspecified atom stereocenters. The number of likely N-dealkylation sites (tertiary alicyclic amines) is 1. The third-order valence-corrected chi connectivity index (χ3v) is 5.14.